The van der Waals surface area contributed by atoms with Crippen LogP contribution in [0.15, 0.2) is 46.5 Å². The van der Waals surface area contributed by atoms with Gasteiger partial charge in [0.1, 0.15) is 0 Å². The molecule has 1 aromatic rings. The second kappa shape index (κ2) is 4.22. The Labute approximate surface area is 96.1 Å². The van der Waals surface area contributed by atoms with E-state index in [0.717, 1.165) is 32.5 Å². The summed E-state index contributed by atoms with van der Waals surface area (Å²) in [4.78, 5) is 4.68. The zero-order valence-corrected chi connectivity index (χ0v) is 9.32. The number of rotatable bonds is 1. The van der Waals surface area contributed by atoms with Crippen LogP contribution < -0.4 is 0 Å². The average Bonchev–Trinajstić information content (AvgIpc) is 2.39. The van der Waals surface area contributed by atoms with E-state index < -0.39 is 0 Å². The third kappa shape index (κ3) is 1.69. The highest BCUT2D eigenvalue weighted by Crippen LogP contribution is 2.28. The van der Waals surface area contributed by atoms with Crippen LogP contribution >= 0.6 is 0 Å². The molecule has 2 aliphatic heterocycles. The Balaban J connectivity index is 2.01. The predicted molar refractivity (Wildman–Crippen MR) is 67.2 cm³/mol. The Kier molecular flexibility index (Phi) is 2.58. The van der Waals surface area contributed by atoms with E-state index >= 15 is 0 Å². The van der Waals surface area contributed by atoms with Gasteiger partial charge >= 0.3 is 0 Å². The summed E-state index contributed by atoms with van der Waals surface area (Å²) in [5.41, 5.74) is 5.41. The van der Waals surface area contributed by atoms with Crippen LogP contribution in [0.5, 0.6) is 0 Å². The van der Waals surface area contributed by atoms with Gasteiger partial charge in [-0.1, -0.05) is 42.3 Å². The van der Waals surface area contributed by atoms with Crippen molar-refractivity contribution >= 4 is 5.71 Å². The van der Waals surface area contributed by atoms with E-state index in [1.165, 1.54) is 16.8 Å². The monoisotopic (exact) mass is 211 g/mol. The Bertz CT molecular complexity index is 443. The van der Waals surface area contributed by atoms with Crippen LogP contribution in [0.1, 0.15) is 18.4 Å². The maximum Gasteiger partial charge on any atom is 0.0660 e. The highest BCUT2D eigenvalue weighted by molar-refractivity contribution is 6.14. The van der Waals surface area contributed by atoms with Gasteiger partial charge in [0.05, 0.1) is 5.71 Å². The third-order valence-corrected chi connectivity index (χ3v) is 3.28. The predicted octanol–water partition coefficient (Wildman–Crippen LogP) is 2.95. The van der Waals surface area contributed by atoms with E-state index in [0.29, 0.717) is 0 Å². The first-order chi connectivity index (χ1) is 7.95. The van der Waals surface area contributed by atoms with Crippen LogP contribution in [-0.4, -0.2) is 25.3 Å². The summed E-state index contributed by atoms with van der Waals surface area (Å²) in [6.07, 6.45) is 2.28. The molecule has 0 saturated heterocycles. The summed E-state index contributed by atoms with van der Waals surface area (Å²) < 4.78 is 0. The van der Waals surface area contributed by atoms with Gasteiger partial charge in [-0.05, 0) is 17.6 Å². The first-order valence-electron chi connectivity index (χ1n) is 5.89. The van der Waals surface area contributed by atoms with Gasteiger partial charge in [0, 0.05) is 6.54 Å². The minimum Gasteiger partial charge on any atom is -0.658 e. The molecular weight excluding hydrogens is 196 g/mol. The maximum atomic E-state index is 4.68. The molecule has 82 valence electrons. The van der Waals surface area contributed by atoms with Gasteiger partial charge in [-0.3, -0.25) is 4.99 Å². The smallest absolute Gasteiger partial charge is 0.0660 e. The number of aliphatic imine (C=N–C) groups is 1. The van der Waals surface area contributed by atoms with Crippen LogP contribution in [0.2, 0.25) is 0 Å². The Morgan fingerprint density at radius 3 is 2.81 bits per heavy atom. The normalized spacial score (nSPS) is 20.4. The van der Waals surface area contributed by atoms with Gasteiger partial charge in [0.2, 0.25) is 0 Å². The van der Waals surface area contributed by atoms with E-state index in [2.05, 4.69) is 34.6 Å². The zero-order valence-electron chi connectivity index (χ0n) is 9.32. The second-order valence-corrected chi connectivity index (χ2v) is 4.28. The van der Waals surface area contributed by atoms with Crippen molar-refractivity contribution in [1.29, 1.82) is 0 Å². The number of hydrogen-bond donors (Lipinski definition) is 0. The van der Waals surface area contributed by atoms with Crippen molar-refractivity contribution in [3.63, 3.8) is 0 Å². The lowest BCUT2D eigenvalue weighted by atomic mass is 9.89. The Morgan fingerprint density at radius 2 is 1.94 bits per heavy atom. The summed E-state index contributed by atoms with van der Waals surface area (Å²) in [6, 6.07) is 10.5. The van der Waals surface area contributed by atoms with Crippen LogP contribution in [-0.2, 0) is 0 Å². The molecule has 2 heteroatoms. The zero-order chi connectivity index (χ0) is 10.8. The molecular formula is C14H15N2-. The number of dihydropyridines is 1. The molecule has 0 saturated carbocycles. The molecule has 16 heavy (non-hydrogen) atoms. The first kappa shape index (κ1) is 9.79. The minimum atomic E-state index is 0.864. The molecule has 3 rings (SSSR count). The quantitative estimate of drug-likeness (QED) is 0.683. The molecule has 2 nitrogen and oxygen atoms in total. The van der Waals surface area contributed by atoms with E-state index in [1.807, 2.05) is 6.07 Å². The SMILES string of the molecule is c1ccc(C2=NCCC3=C2C[N-]CC3)cc1. The van der Waals surface area contributed by atoms with Crippen molar-refractivity contribution in [1.82, 2.24) is 0 Å². The first-order valence-corrected chi connectivity index (χ1v) is 5.89. The lowest BCUT2D eigenvalue weighted by Crippen LogP contribution is -2.20. The van der Waals surface area contributed by atoms with E-state index in [4.69, 9.17) is 0 Å². The summed E-state index contributed by atoms with van der Waals surface area (Å²) >= 11 is 0. The van der Waals surface area contributed by atoms with Gasteiger partial charge in [0.15, 0.2) is 0 Å². The van der Waals surface area contributed by atoms with Crippen LogP contribution in [0, 0.1) is 0 Å². The molecule has 0 unspecified atom stereocenters. The molecule has 0 bridgehead atoms. The van der Waals surface area contributed by atoms with Crippen LogP contribution in [0.4, 0.5) is 0 Å². The second-order valence-electron chi connectivity index (χ2n) is 4.28. The topological polar surface area (TPSA) is 26.5 Å². The Hall–Kier alpha value is -1.41. The van der Waals surface area contributed by atoms with Crippen molar-refractivity contribution in [2.75, 3.05) is 19.6 Å². The molecule has 0 atom stereocenters. The number of benzene rings is 1. The Morgan fingerprint density at radius 1 is 1.06 bits per heavy atom. The van der Waals surface area contributed by atoms with E-state index in [-0.39, 0.29) is 0 Å². The van der Waals surface area contributed by atoms with Crippen molar-refractivity contribution < 1.29 is 0 Å². The van der Waals surface area contributed by atoms with Gasteiger partial charge in [-0.15, -0.1) is 13.1 Å². The lowest BCUT2D eigenvalue weighted by Gasteiger charge is -2.33. The van der Waals surface area contributed by atoms with Crippen LogP contribution in [0.25, 0.3) is 5.32 Å². The van der Waals surface area contributed by atoms with Crippen molar-refractivity contribution in [3.05, 3.63) is 52.4 Å². The fourth-order valence-corrected chi connectivity index (χ4v) is 2.45. The highest BCUT2D eigenvalue weighted by atomic mass is 14.9. The highest BCUT2D eigenvalue weighted by Gasteiger charge is 2.17. The molecule has 0 spiro atoms. The molecule has 0 amide bonds. The van der Waals surface area contributed by atoms with E-state index in [9.17, 15) is 0 Å². The average molecular weight is 211 g/mol. The molecule has 0 aromatic heterocycles. The molecule has 2 heterocycles. The van der Waals surface area contributed by atoms with Gasteiger partial charge in [0.25, 0.3) is 0 Å². The molecule has 1 aromatic carbocycles. The fraction of sp³-hybridized carbons (Fsp3) is 0.357. The minimum absolute atomic E-state index is 0.864. The van der Waals surface area contributed by atoms with Crippen molar-refractivity contribution in [2.45, 2.75) is 12.8 Å². The summed E-state index contributed by atoms with van der Waals surface area (Å²) in [5.74, 6) is 0. The largest absolute Gasteiger partial charge is 0.658 e. The molecule has 0 fully saturated rings. The summed E-state index contributed by atoms with van der Waals surface area (Å²) in [5, 5.41) is 4.50. The number of hydrogen-bond acceptors (Lipinski definition) is 1. The molecule has 2 aliphatic rings. The van der Waals surface area contributed by atoms with Crippen LogP contribution in [0.3, 0.4) is 0 Å². The summed E-state index contributed by atoms with van der Waals surface area (Å²) in [7, 11) is 0. The third-order valence-electron chi connectivity index (χ3n) is 3.28. The van der Waals surface area contributed by atoms with Gasteiger partial charge < -0.3 is 5.32 Å². The summed E-state index contributed by atoms with van der Waals surface area (Å²) in [6.45, 7) is 2.81. The molecule has 0 N–H and O–H groups in total. The van der Waals surface area contributed by atoms with Crippen molar-refractivity contribution in [2.24, 2.45) is 4.99 Å². The molecule has 0 radical (unpaired) electrons. The molecule has 0 aliphatic carbocycles. The van der Waals surface area contributed by atoms with Crippen molar-refractivity contribution in [3.8, 4) is 0 Å². The number of nitrogens with zero attached hydrogens (tertiary/aromatic N) is 2. The lowest BCUT2D eigenvalue weighted by molar-refractivity contribution is 0.813. The fourth-order valence-electron chi connectivity index (χ4n) is 2.45. The maximum absolute atomic E-state index is 4.68. The standard InChI is InChI=1S/C14H15N2/c1-2-4-12(5-3-1)14-13-10-15-8-6-11(13)7-9-16-14/h1-5H,6-10H2/q-1. The van der Waals surface area contributed by atoms with Gasteiger partial charge in [-0.25, -0.2) is 0 Å². The van der Waals surface area contributed by atoms with Gasteiger partial charge in [-0.2, -0.15) is 0 Å². The van der Waals surface area contributed by atoms with E-state index in [1.54, 1.807) is 5.57 Å².